The van der Waals surface area contributed by atoms with Gasteiger partial charge in [-0.15, -0.1) is 0 Å². The minimum absolute atomic E-state index is 0.141. The van der Waals surface area contributed by atoms with Crippen molar-refractivity contribution in [1.29, 1.82) is 0 Å². The third-order valence-corrected chi connectivity index (χ3v) is 12.7. The highest BCUT2D eigenvalue weighted by Crippen LogP contribution is 2.22. The molecule has 0 atom stereocenters. The monoisotopic (exact) mass is 806 g/mol. The minimum Gasteiger partial charge on any atom is -0.393 e. The van der Waals surface area contributed by atoms with Gasteiger partial charge in [0.05, 0.1) is 17.8 Å². The molecule has 0 aliphatic rings. The fraction of sp³-hybridized carbons (Fsp3) is 0.981. The molecule has 0 bridgehead atoms. The van der Waals surface area contributed by atoms with E-state index in [0.717, 1.165) is 32.1 Å². The van der Waals surface area contributed by atoms with Crippen LogP contribution in [0.25, 0.3) is 0 Å². The molecule has 57 heavy (non-hydrogen) atoms. The molecule has 0 radical (unpaired) electrons. The van der Waals surface area contributed by atoms with Gasteiger partial charge in [0, 0.05) is 13.3 Å². The number of oxime groups is 1. The number of hydrogen-bond acceptors (Lipinski definition) is 4. The van der Waals surface area contributed by atoms with Gasteiger partial charge in [-0.2, -0.15) is 0 Å². The first kappa shape index (κ1) is 56.4. The van der Waals surface area contributed by atoms with E-state index in [1.165, 1.54) is 231 Å². The first-order valence-corrected chi connectivity index (χ1v) is 26.1. The molecule has 0 rings (SSSR count). The Morgan fingerprint density at radius 2 is 0.702 bits per heavy atom. The zero-order valence-corrected chi connectivity index (χ0v) is 40.5. The second kappa shape index (κ2) is 43.5. The van der Waals surface area contributed by atoms with Crippen LogP contribution in [-0.2, 0) is 14.3 Å². The van der Waals surface area contributed by atoms with E-state index in [0.29, 0.717) is 6.61 Å². The lowest BCUT2D eigenvalue weighted by Gasteiger charge is -2.28. The summed E-state index contributed by atoms with van der Waals surface area (Å²) < 4.78 is 11.8. The van der Waals surface area contributed by atoms with Gasteiger partial charge in [0.1, 0.15) is 6.10 Å². The Morgan fingerprint density at radius 1 is 0.404 bits per heavy atom. The standard InChI is InChI=1S/C53H107NO3/c1-8-10-12-14-16-18-20-22-24-26-28-30-32-34-36-38-40-42-45-51(57-54-49-44-47-53(5,6)56-50-48-52(3,4)55-7)46-43-41-39-37-35-33-31-29-27-25-23-21-19-17-15-13-11-9-2/h49,51H,8-48,50H2,1-7H3. The van der Waals surface area contributed by atoms with E-state index in [2.05, 4.69) is 46.7 Å². The van der Waals surface area contributed by atoms with Gasteiger partial charge in [-0.3, -0.25) is 0 Å². The maximum Gasteiger partial charge on any atom is 0.127 e. The predicted molar refractivity (Wildman–Crippen MR) is 255 cm³/mol. The number of rotatable bonds is 48. The molecule has 0 aromatic heterocycles. The van der Waals surface area contributed by atoms with Crippen LogP contribution in [0.5, 0.6) is 0 Å². The Balaban J connectivity index is 4.16. The zero-order valence-electron chi connectivity index (χ0n) is 40.5. The molecule has 0 fully saturated rings. The van der Waals surface area contributed by atoms with Crippen LogP contribution in [-0.4, -0.2) is 37.2 Å². The Kier molecular flexibility index (Phi) is 43.0. The van der Waals surface area contributed by atoms with Crippen LogP contribution >= 0.6 is 0 Å². The molecule has 0 saturated heterocycles. The SMILES string of the molecule is CCCCCCCCCCCCCCCCCCCCC(CCCCCCCCCCCCCCCCCCCC)ON=CCCC(C)(C)OCCC(C)(C)OC. The molecule has 0 heterocycles. The van der Waals surface area contributed by atoms with E-state index in [1.54, 1.807) is 7.11 Å². The van der Waals surface area contributed by atoms with Crippen LogP contribution in [0.4, 0.5) is 0 Å². The van der Waals surface area contributed by atoms with E-state index in [9.17, 15) is 0 Å². The van der Waals surface area contributed by atoms with E-state index >= 15 is 0 Å². The van der Waals surface area contributed by atoms with E-state index in [-0.39, 0.29) is 17.3 Å². The quantitative estimate of drug-likeness (QED) is 0.0349. The molecule has 0 N–H and O–H groups in total. The summed E-state index contributed by atoms with van der Waals surface area (Å²) in [7, 11) is 1.78. The van der Waals surface area contributed by atoms with Crippen LogP contribution in [0.3, 0.4) is 0 Å². The van der Waals surface area contributed by atoms with Crippen LogP contribution < -0.4 is 0 Å². The summed E-state index contributed by atoms with van der Waals surface area (Å²) in [5.74, 6) is 0. The van der Waals surface area contributed by atoms with Crippen LogP contribution in [0.1, 0.15) is 305 Å². The highest BCUT2D eigenvalue weighted by Gasteiger charge is 2.21. The lowest BCUT2D eigenvalue weighted by atomic mass is 10.0. The molecular weight excluding hydrogens is 699 g/mol. The van der Waals surface area contributed by atoms with Gasteiger partial charge in [0.25, 0.3) is 0 Å². The van der Waals surface area contributed by atoms with Crippen LogP contribution in [0.15, 0.2) is 5.16 Å². The number of nitrogens with zero attached hydrogens (tertiary/aromatic N) is 1. The van der Waals surface area contributed by atoms with Crippen molar-refractivity contribution in [3.63, 3.8) is 0 Å². The molecule has 4 nitrogen and oxygen atoms in total. The van der Waals surface area contributed by atoms with Gasteiger partial charge in [-0.25, -0.2) is 0 Å². The van der Waals surface area contributed by atoms with Crippen molar-refractivity contribution < 1.29 is 14.3 Å². The van der Waals surface area contributed by atoms with E-state index < -0.39 is 0 Å². The smallest absolute Gasteiger partial charge is 0.127 e. The summed E-state index contributed by atoms with van der Waals surface area (Å²) in [6.07, 6.45) is 58.5. The van der Waals surface area contributed by atoms with Gasteiger partial charge < -0.3 is 14.3 Å². The molecule has 0 unspecified atom stereocenters. The fourth-order valence-corrected chi connectivity index (χ4v) is 8.14. The Bertz CT molecular complexity index is 755. The molecule has 0 aliphatic carbocycles. The van der Waals surface area contributed by atoms with Crippen LogP contribution in [0, 0.1) is 0 Å². The van der Waals surface area contributed by atoms with Crippen molar-refractivity contribution in [2.75, 3.05) is 13.7 Å². The Labute approximate surface area is 360 Å². The lowest BCUT2D eigenvalue weighted by Crippen LogP contribution is -2.30. The van der Waals surface area contributed by atoms with Crippen molar-refractivity contribution in [1.82, 2.24) is 0 Å². The summed E-state index contributed by atoms with van der Waals surface area (Å²) in [4.78, 5) is 6.18. The van der Waals surface area contributed by atoms with Gasteiger partial charge in [0.2, 0.25) is 0 Å². The van der Waals surface area contributed by atoms with E-state index in [1.807, 2.05) is 6.21 Å². The normalized spacial score (nSPS) is 12.5. The van der Waals surface area contributed by atoms with Gasteiger partial charge in [0.15, 0.2) is 0 Å². The Morgan fingerprint density at radius 3 is 1.00 bits per heavy atom. The first-order valence-electron chi connectivity index (χ1n) is 26.1. The molecule has 0 saturated carbocycles. The largest absolute Gasteiger partial charge is 0.393 e. The molecule has 0 spiro atoms. The molecule has 4 heteroatoms. The van der Waals surface area contributed by atoms with Crippen molar-refractivity contribution in [2.24, 2.45) is 5.16 Å². The number of unbranched alkanes of at least 4 members (excludes halogenated alkanes) is 34. The van der Waals surface area contributed by atoms with Crippen molar-refractivity contribution in [2.45, 2.75) is 322 Å². The van der Waals surface area contributed by atoms with Crippen LogP contribution in [0.2, 0.25) is 0 Å². The van der Waals surface area contributed by atoms with Gasteiger partial charge >= 0.3 is 0 Å². The summed E-state index contributed by atoms with van der Waals surface area (Å²) >= 11 is 0. The average molecular weight is 806 g/mol. The highest BCUT2D eigenvalue weighted by molar-refractivity contribution is 5.56. The summed E-state index contributed by atoms with van der Waals surface area (Å²) in [5, 5.41) is 4.50. The molecule has 0 aromatic carbocycles. The lowest BCUT2D eigenvalue weighted by molar-refractivity contribution is -0.0602. The van der Waals surface area contributed by atoms with Gasteiger partial charge in [-0.1, -0.05) is 237 Å². The number of methoxy groups -OCH3 is 1. The molecular formula is C53H107NO3. The third kappa shape index (κ3) is 44.8. The summed E-state index contributed by atoms with van der Waals surface area (Å²) in [6.45, 7) is 13.9. The maximum atomic E-state index is 6.20. The minimum atomic E-state index is -0.171. The first-order chi connectivity index (χ1) is 27.8. The second-order valence-electron chi connectivity index (χ2n) is 19.5. The highest BCUT2D eigenvalue weighted by atomic mass is 16.6. The van der Waals surface area contributed by atoms with E-state index in [4.69, 9.17) is 14.3 Å². The predicted octanol–water partition coefficient (Wildman–Crippen LogP) is 18.6. The summed E-state index contributed by atoms with van der Waals surface area (Å²) in [5.41, 5.74) is -0.312. The molecule has 0 aromatic rings. The second-order valence-corrected chi connectivity index (χ2v) is 19.5. The fourth-order valence-electron chi connectivity index (χ4n) is 8.14. The molecule has 0 aliphatic heterocycles. The number of hydrogen-bond donors (Lipinski definition) is 0. The van der Waals surface area contributed by atoms with Gasteiger partial charge in [-0.05, 0) is 72.6 Å². The third-order valence-electron chi connectivity index (χ3n) is 12.7. The zero-order chi connectivity index (χ0) is 41.8. The average Bonchev–Trinajstić information content (AvgIpc) is 3.19. The summed E-state index contributed by atoms with van der Waals surface area (Å²) in [6, 6.07) is 0. The molecule has 0 amide bonds. The number of ether oxygens (including phenoxy) is 2. The topological polar surface area (TPSA) is 40.0 Å². The Hall–Kier alpha value is -0.610. The van der Waals surface area contributed by atoms with Crippen molar-refractivity contribution >= 4 is 6.21 Å². The molecule has 342 valence electrons. The maximum absolute atomic E-state index is 6.20. The van der Waals surface area contributed by atoms with Crippen molar-refractivity contribution in [3.8, 4) is 0 Å². The van der Waals surface area contributed by atoms with Crippen molar-refractivity contribution in [3.05, 3.63) is 0 Å².